The van der Waals surface area contributed by atoms with Crippen LogP contribution >= 0.6 is 0 Å². The van der Waals surface area contributed by atoms with Gasteiger partial charge >= 0.3 is 6.03 Å². The molecular weight excluding hydrogens is 214 g/mol. The van der Waals surface area contributed by atoms with Crippen LogP contribution in [0.4, 0.5) is 10.5 Å². The molecule has 17 heavy (non-hydrogen) atoms. The number of urea groups is 1. The average Bonchev–Trinajstić information content (AvgIpc) is 2.83. The molecule has 0 aliphatic carbocycles. The summed E-state index contributed by atoms with van der Waals surface area (Å²) in [6, 6.07) is 8.06. The van der Waals surface area contributed by atoms with Gasteiger partial charge in [0, 0.05) is 18.3 Å². The van der Waals surface area contributed by atoms with Crippen molar-refractivity contribution in [2.75, 3.05) is 18.4 Å². The van der Waals surface area contributed by atoms with E-state index in [0.29, 0.717) is 12.6 Å². The first-order valence-corrected chi connectivity index (χ1v) is 6.09. The molecule has 0 aromatic heterocycles. The van der Waals surface area contributed by atoms with Crippen molar-refractivity contribution >= 4 is 11.7 Å². The Hall–Kier alpha value is -1.55. The smallest absolute Gasteiger partial charge is 0.319 e. The van der Waals surface area contributed by atoms with Gasteiger partial charge < -0.3 is 16.0 Å². The molecule has 3 N–H and O–H groups in total. The molecule has 92 valence electrons. The van der Waals surface area contributed by atoms with E-state index in [-0.39, 0.29) is 6.03 Å². The fraction of sp³-hybridized carbons (Fsp3) is 0.462. The van der Waals surface area contributed by atoms with Gasteiger partial charge in [0.1, 0.15) is 0 Å². The van der Waals surface area contributed by atoms with E-state index >= 15 is 0 Å². The maximum absolute atomic E-state index is 11.6. The third-order valence-corrected chi connectivity index (χ3v) is 2.98. The average molecular weight is 233 g/mol. The molecule has 1 unspecified atom stereocenters. The molecule has 1 aromatic carbocycles. The van der Waals surface area contributed by atoms with Crippen LogP contribution in [-0.2, 0) is 0 Å². The number of hydrogen-bond acceptors (Lipinski definition) is 2. The van der Waals surface area contributed by atoms with E-state index < -0.39 is 0 Å². The summed E-state index contributed by atoms with van der Waals surface area (Å²) in [5, 5.41) is 9.03. The van der Waals surface area contributed by atoms with E-state index in [1.165, 1.54) is 12.0 Å². The zero-order valence-corrected chi connectivity index (χ0v) is 10.1. The Morgan fingerprint density at radius 3 is 2.82 bits per heavy atom. The fourth-order valence-electron chi connectivity index (χ4n) is 1.96. The van der Waals surface area contributed by atoms with Crippen molar-refractivity contribution in [2.45, 2.75) is 25.8 Å². The summed E-state index contributed by atoms with van der Waals surface area (Å²) in [4.78, 5) is 11.6. The molecule has 0 saturated carbocycles. The lowest BCUT2D eigenvalue weighted by Gasteiger charge is -2.12. The van der Waals surface area contributed by atoms with Crippen molar-refractivity contribution < 1.29 is 4.79 Å². The second kappa shape index (κ2) is 5.68. The minimum Gasteiger partial charge on any atom is -0.336 e. The highest BCUT2D eigenvalue weighted by Crippen LogP contribution is 2.08. The molecule has 0 spiro atoms. The maximum atomic E-state index is 11.6. The number of aryl methyl sites for hydroxylation is 1. The van der Waals surface area contributed by atoms with E-state index in [2.05, 4.69) is 16.0 Å². The second-order valence-corrected chi connectivity index (χ2v) is 4.49. The second-order valence-electron chi connectivity index (χ2n) is 4.49. The van der Waals surface area contributed by atoms with Gasteiger partial charge in [0.2, 0.25) is 0 Å². The lowest BCUT2D eigenvalue weighted by Crippen LogP contribution is -2.39. The zero-order chi connectivity index (χ0) is 12.1. The van der Waals surface area contributed by atoms with Gasteiger partial charge in [-0.3, -0.25) is 0 Å². The van der Waals surface area contributed by atoms with E-state index in [4.69, 9.17) is 0 Å². The molecule has 1 saturated heterocycles. The van der Waals surface area contributed by atoms with Crippen molar-refractivity contribution in [3.8, 4) is 0 Å². The number of hydrogen-bond donors (Lipinski definition) is 3. The quantitative estimate of drug-likeness (QED) is 0.746. The number of carbonyl (C=O) groups excluding carboxylic acids is 1. The van der Waals surface area contributed by atoms with Crippen LogP contribution in [0.15, 0.2) is 24.3 Å². The highest BCUT2D eigenvalue weighted by atomic mass is 16.2. The van der Waals surface area contributed by atoms with E-state index in [9.17, 15) is 4.79 Å². The first kappa shape index (κ1) is 11.9. The Balaban J connectivity index is 1.74. The van der Waals surface area contributed by atoms with Crippen molar-refractivity contribution in [1.82, 2.24) is 10.6 Å². The van der Waals surface area contributed by atoms with Gasteiger partial charge in [-0.15, -0.1) is 0 Å². The fourth-order valence-corrected chi connectivity index (χ4v) is 1.96. The van der Waals surface area contributed by atoms with Crippen molar-refractivity contribution in [2.24, 2.45) is 0 Å². The van der Waals surface area contributed by atoms with Gasteiger partial charge in [-0.05, 0) is 38.4 Å². The summed E-state index contributed by atoms with van der Waals surface area (Å²) in [5.41, 5.74) is 2.01. The molecule has 0 bridgehead atoms. The Morgan fingerprint density at radius 2 is 2.18 bits per heavy atom. The molecule has 1 heterocycles. The summed E-state index contributed by atoms with van der Waals surface area (Å²) >= 11 is 0. The Kier molecular flexibility index (Phi) is 3.98. The molecule has 2 rings (SSSR count). The topological polar surface area (TPSA) is 53.2 Å². The van der Waals surface area contributed by atoms with E-state index in [1.54, 1.807) is 0 Å². The lowest BCUT2D eigenvalue weighted by atomic mass is 10.2. The number of carbonyl (C=O) groups is 1. The van der Waals surface area contributed by atoms with Gasteiger partial charge in [-0.1, -0.05) is 17.7 Å². The number of benzene rings is 1. The normalized spacial score (nSPS) is 19.0. The summed E-state index contributed by atoms with van der Waals surface area (Å²) in [6.45, 7) is 3.78. The molecule has 1 fully saturated rings. The summed E-state index contributed by atoms with van der Waals surface area (Å²) < 4.78 is 0. The molecule has 2 amide bonds. The first-order chi connectivity index (χ1) is 8.24. The van der Waals surface area contributed by atoms with Crippen molar-refractivity contribution in [3.05, 3.63) is 29.8 Å². The van der Waals surface area contributed by atoms with Gasteiger partial charge in [0.05, 0.1) is 0 Å². The monoisotopic (exact) mass is 233 g/mol. The van der Waals surface area contributed by atoms with Crippen LogP contribution in [0.5, 0.6) is 0 Å². The Morgan fingerprint density at radius 1 is 1.41 bits per heavy atom. The summed E-state index contributed by atoms with van der Waals surface area (Å²) in [5.74, 6) is 0. The van der Waals surface area contributed by atoms with Crippen LogP contribution < -0.4 is 16.0 Å². The zero-order valence-electron chi connectivity index (χ0n) is 10.1. The van der Waals surface area contributed by atoms with Gasteiger partial charge in [-0.25, -0.2) is 4.79 Å². The molecule has 1 aliphatic heterocycles. The molecular formula is C13H19N3O. The predicted molar refractivity (Wildman–Crippen MR) is 69.2 cm³/mol. The number of anilines is 1. The SMILES string of the molecule is Cc1ccc(NC(=O)NCC2CCCN2)cc1. The number of nitrogens with one attached hydrogen (secondary N) is 3. The van der Waals surface area contributed by atoms with Crippen LogP contribution in [0.2, 0.25) is 0 Å². The predicted octanol–water partition coefficient (Wildman–Crippen LogP) is 1.87. The molecule has 4 nitrogen and oxygen atoms in total. The number of rotatable bonds is 3. The molecule has 1 atom stereocenters. The Bertz CT molecular complexity index is 369. The molecule has 4 heteroatoms. The molecule has 1 aliphatic rings. The number of amides is 2. The van der Waals surface area contributed by atoms with E-state index in [1.807, 2.05) is 31.2 Å². The van der Waals surface area contributed by atoms with Crippen LogP contribution in [0.3, 0.4) is 0 Å². The van der Waals surface area contributed by atoms with Crippen LogP contribution in [-0.4, -0.2) is 25.2 Å². The van der Waals surface area contributed by atoms with Gasteiger partial charge in [0.15, 0.2) is 0 Å². The van der Waals surface area contributed by atoms with Crippen LogP contribution in [0, 0.1) is 6.92 Å². The lowest BCUT2D eigenvalue weighted by molar-refractivity contribution is 0.251. The van der Waals surface area contributed by atoms with Crippen molar-refractivity contribution in [1.29, 1.82) is 0 Å². The Labute approximate surface area is 102 Å². The third-order valence-electron chi connectivity index (χ3n) is 2.98. The van der Waals surface area contributed by atoms with Crippen molar-refractivity contribution in [3.63, 3.8) is 0 Å². The highest BCUT2D eigenvalue weighted by molar-refractivity contribution is 5.89. The van der Waals surface area contributed by atoms with Crippen LogP contribution in [0.1, 0.15) is 18.4 Å². The largest absolute Gasteiger partial charge is 0.336 e. The van der Waals surface area contributed by atoms with E-state index in [0.717, 1.165) is 18.7 Å². The minimum atomic E-state index is -0.137. The summed E-state index contributed by atoms with van der Waals surface area (Å²) in [7, 11) is 0. The third kappa shape index (κ3) is 3.75. The van der Waals surface area contributed by atoms with Gasteiger partial charge in [-0.2, -0.15) is 0 Å². The highest BCUT2D eigenvalue weighted by Gasteiger charge is 2.14. The molecule has 0 radical (unpaired) electrons. The maximum Gasteiger partial charge on any atom is 0.319 e. The standard InChI is InChI=1S/C13H19N3O/c1-10-4-6-11(7-5-10)16-13(17)15-9-12-3-2-8-14-12/h4-7,12,14H,2-3,8-9H2,1H3,(H2,15,16,17). The summed E-state index contributed by atoms with van der Waals surface area (Å²) in [6.07, 6.45) is 2.34. The minimum absolute atomic E-state index is 0.137. The first-order valence-electron chi connectivity index (χ1n) is 6.09. The molecule has 1 aromatic rings. The van der Waals surface area contributed by atoms with Gasteiger partial charge in [0.25, 0.3) is 0 Å². The van der Waals surface area contributed by atoms with Crippen LogP contribution in [0.25, 0.3) is 0 Å².